The summed E-state index contributed by atoms with van der Waals surface area (Å²) in [7, 11) is 0. The molecule has 0 atom stereocenters. The van der Waals surface area contributed by atoms with E-state index in [4.69, 9.17) is 0 Å². The van der Waals surface area contributed by atoms with Crippen LogP contribution in [0.2, 0.25) is 0 Å². The fraction of sp³-hybridized carbons (Fsp3) is 0.0833. The van der Waals surface area contributed by atoms with E-state index in [2.05, 4.69) is 10.2 Å². The number of rotatable bonds is 1. The van der Waals surface area contributed by atoms with Gasteiger partial charge in [-0.2, -0.15) is 0 Å². The zero-order valence-corrected chi connectivity index (χ0v) is 9.94. The Morgan fingerprint density at radius 2 is 1.94 bits per heavy atom. The van der Waals surface area contributed by atoms with Crippen LogP contribution >= 0.6 is 11.3 Å². The standard InChI is InChI=1S/C12H9N3OS/c1-8-11(16)15-10(7-17-12(15)14-13-8)9-5-3-2-4-6-9/h2-7H,1H3. The lowest BCUT2D eigenvalue weighted by atomic mass is 10.2. The van der Waals surface area contributed by atoms with Crippen molar-refractivity contribution in [1.29, 1.82) is 0 Å². The highest BCUT2D eigenvalue weighted by Gasteiger charge is 2.10. The molecule has 5 heteroatoms. The molecule has 0 saturated heterocycles. The van der Waals surface area contributed by atoms with Crippen molar-refractivity contribution < 1.29 is 0 Å². The van der Waals surface area contributed by atoms with E-state index in [-0.39, 0.29) is 5.56 Å². The third-order valence-electron chi connectivity index (χ3n) is 2.58. The maximum absolute atomic E-state index is 12.1. The van der Waals surface area contributed by atoms with Gasteiger partial charge in [0.25, 0.3) is 5.56 Å². The normalized spacial score (nSPS) is 10.9. The molecule has 0 unspecified atom stereocenters. The summed E-state index contributed by atoms with van der Waals surface area (Å²) < 4.78 is 1.61. The van der Waals surface area contributed by atoms with E-state index in [1.807, 2.05) is 35.7 Å². The number of fused-ring (bicyclic) bond motifs is 1. The summed E-state index contributed by atoms with van der Waals surface area (Å²) >= 11 is 1.42. The van der Waals surface area contributed by atoms with E-state index in [0.717, 1.165) is 11.3 Å². The summed E-state index contributed by atoms with van der Waals surface area (Å²) in [6.07, 6.45) is 0. The van der Waals surface area contributed by atoms with Crippen LogP contribution < -0.4 is 5.56 Å². The van der Waals surface area contributed by atoms with Gasteiger partial charge in [0, 0.05) is 5.38 Å². The Balaban J connectivity index is 2.39. The first-order valence-corrected chi connectivity index (χ1v) is 6.04. The molecule has 0 amide bonds. The average molecular weight is 243 g/mol. The second-order valence-electron chi connectivity index (χ2n) is 3.70. The van der Waals surface area contributed by atoms with E-state index in [9.17, 15) is 4.79 Å². The number of nitrogens with zero attached hydrogens (tertiary/aromatic N) is 3. The van der Waals surface area contributed by atoms with E-state index in [1.165, 1.54) is 11.3 Å². The molecule has 4 nitrogen and oxygen atoms in total. The summed E-state index contributed by atoms with van der Waals surface area (Å²) in [6, 6.07) is 9.80. The van der Waals surface area contributed by atoms with Gasteiger partial charge in [0.2, 0.25) is 4.96 Å². The van der Waals surface area contributed by atoms with Crippen LogP contribution in [0.4, 0.5) is 0 Å². The number of benzene rings is 1. The largest absolute Gasteiger partial charge is 0.280 e. The molecular weight excluding hydrogens is 234 g/mol. The fourth-order valence-corrected chi connectivity index (χ4v) is 2.54. The Kier molecular flexibility index (Phi) is 2.26. The highest BCUT2D eigenvalue weighted by molar-refractivity contribution is 7.15. The van der Waals surface area contributed by atoms with Gasteiger partial charge >= 0.3 is 0 Å². The number of aromatic nitrogens is 3. The maximum atomic E-state index is 12.1. The van der Waals surface area contributed by atoms with Gasteiger partial charge in [-0.1, -0.05) is 30.3 Å². The molecule has 84 valence electrons. The Morgan fingerprint density at radius 3 is 2.71 bits per heavy atom. The first kappa shape index (κ1) is 10.2. The molecule has 0 aliphatic rings. The Bertz CT molecular complexity index is 730. The molecule has 0 radical (unpaired) electrons. The maximum Gasteiger partial charge on any atom is 0.280 e. The van der Waals surface area contributed by atoms with Crippen molar-refractivity contribution in [1.82, 2.24) is 14.6 Å². The van der Waals surface area contributed by atoms with Crippen molar-refractivity contribution >= 4 is 16.3 Å². The Labute approximate surface area is 101 Å². The van der Waals surface area contributed by atoms with Crippen LogP contribution in [0.3, 0.4) is 0 Å². The smallest absolute Gasteiger partial charge is 0.267 e. The molecule has 1 aromatic carbocycles. The highest BCUT2D eigenvalue weighted by Crippen LogP contribution is 2.22. The molecule has 0 aliphatic heterocycles. The summed E-state index contributed by atoms with van der Waals surface area (Å²) in [5, 5.41) is 9.79. The van der Waals surface area contributed by atoms with Gasteiger partial charge in [-0.05, 0) is 12.5 Å². The highest BCUT2D eigenvalue weighted by atomic mass is 32.1. The minimum Gasteiger partial charge on any atom is -0.267 e. The Hall–Kier alpha value is -2.01. The molecule has 0 bridgehead atoms. The van der Waals surface area contributed by atoms with Crippen molar-refractivity contribution in [3.63, 3.8) is 0 Å². The minimum absolute atomic E-state index is 0.102. The van der Waals surface area contributed by atoms with Crippen LogP contribution in [0, 0.1) is 6.92 Å². The summed E-state index contributed by atoms with van der Waals surface area (Å²) in [6.45, 7) is 1.67. The topological polar surface area (TPSA) is 47.3 Å². The third kappa shape index (κ3) is 1.55. The van der Waals surface area contributed by atoms with Gasteiger partial charge in [-0.3, -0.25) is 4.79 Å². The minimum atomic E-state index is -0.102. The van der Waals surface area contributed by atoms with E-state index in [0.29, 0.717) is 10.7 Å². The van der Waals surface area contributed by atoms with Gasteiger partial charge in [-0.15, -0.1) is 21.5 Å². The van der Waals surface area contributed by atoms with Crippen LogP contribution in [-0.2, 0) is 0 Å². The van der Waals surface area contributed by atoms with Crippen molar-refractivity contribution in [2.45, 2.75) is 6.92 Å². The van der Waals surface area contributed by atoms with Crippen LogP contribution in [0.5, 0.6) is 0 Å². The number of hydrogen-bond acceptors (Lipinski definition) is 4. The van der Waals surface area contributed by atoms with Crippen LogP contribution in [0.15, 0.2) is 40.5 Å². The summed E-state index contributed by atoms with van der Waals surface area (Å²) in [4.78, 5) is 12.7. The first-order valence-electron chi connectivity index (χ1n) is 5.16. The molecule has 2 aromatic heterocycles. The molecule has 3 aromatic rings. The van der Waals surface area contributed by atoms with Gasteiger partial charge in [0.1, 0.15) is 5.69 Å². The van der Waals surface area contributed by atoms with Gasteiger partial charge < -0.3 is 0 Å². The molecule has 2 heterocycles. The van der Waals surface area contributed by atoms with Crippen molar-refractivity contribution in [3.8, 4) is 11.3 Å². The SMILES string of the molecule is Cc1nnc2scc(-c3ccccc3)n2c1=O. The molecular formula is C12H9N3OS. The predicted octanol–water partition coefficient (Wildman–Crippen LogP) is 2.13. The van der Waals surface area contributed by atoms with Crippen molar-refractivity contribution in [2.75, 3.05) is 0 Å². The fourth-order valence-electron chi connectivity index (χ4n) is 1.71. The first-order chi connectivity index (χ1) is 8.27. The average Bonchev–Trinajstić information content (AvgIpc) is 2.79. The second kappa shape index (κ2) is 3.78. The molecule has 3 rings (SSSR count). The summed E-state index contributed by atoms with van der Waals surface area (Å²) in [5.74, 6) is 0. The number of hydrogen-bond donors (Lipinski definition) is 0. The van der Waals surface area contributed by atoms with Crippen LogP contribution in [0.1, 0.15) is 5.69 Å². The third-order valence-corrected chi connectivity index (χ3v) is 3.39. The molecule has 0 fully saturated rings. The predicted molar refractivity (Wildman–Crippen MR) is 67.3 cm³/mol. The van der Waals surface area contributed by atoms with E-state index >= 15 is 0 Å². The van der Waals surface area contributed by atoms with Crippen LogP contribution in [0.25, 0.3) is 16.2 Å². The lowest BCUT2D eigenvalue weighted by molar-refractivity contribution is 0.911. The monoisotopic (exact) mass is 243 g/mol. The van der Waals surface area contributed by atoms with Crippen molar-refractivity contribution in [3.05, 3.63) is 51.8 Å². The lowest BCUT2D eigenvalue weighted by Crippen LogP contribution is -2.18. The zero-order chi connectivity index (χ0) is 11.8. The zero-order valence-electron chi connectivity index (χ0n) is 9.12. The quantitative estimate of drug-likeness (QED) is 0.657. The number of thiazole rings is 1. The van der Waals surface area contributed by atoms with E-state index < -0.39 is 0 Å². The van der Waals surface area contributed by atoms with Gasteiger partial charge in [-0.25, -0.2) is 4.40 Å². The van der Waals surface area contributed by atoms with Crippen LogP contribution in [-0.4, -0.2) is 14.6 Å². The van der Waals surface area contributed by atoms with Gasteiger partial charge in [0.05, 0.1) is 5.69 Å². The molecule has 0 spiro atoms. The Morgan fingerprint density at radius 1 is 1.18 bits per heavy atom. The lowest BCUT2D eigenvalue weighted by Gasteiger charge is -2.00. The van der Waals surface area contributed by atoms with Crippen molar-refractivity contribution in [2.24, 2.45) is 0 Å². The molecule has 17 heavy (non-hydrogen) atoms. The summed E-state index contributed by atoms with van der Waals surface area (Å²) in [5.41, 5.74) is 2.19. The van der Waals surface area contributed by atoms with Gasteiger partial charge in [0.15, 0.2) is 0 Å². The molecule has 0 aliphatic carbocycles. The second-order valence-corrected chi connectivity index (χ2v) is 4.53. The van der Waals surface area contributed by atoms with E-state index in [1.54, 1.807) is 11.3 Å². The molecule has 0 N–H and O–H groups in total. The molecule has 0 saturated carbocycles. The number of aryl methyl sites for hydroxylation is 1.